The lowest BCUT2D eigenvalue weighted by Crippen LogP contribution is -2.27. The monoisotopic (exact) mass is 182 g/mol. The van der Waals surface area contributed by atoms with E-state index in [1.54, 1.807) is 12.1 Å². The molecule has 1 aromatic carbocycles. The fourth-order valence-electron chi connectivity index (χ4n) is 0.872. The molecule has 0 aliphatic carbocycles. The van der Waals surface area contributed by atoms with Gasteiger partial charge in [-0.2, -0.15) is 0 Å². The van der Waals surface area contributed by atoms with Crippen LogP contribution in [-0.4, -0.2) is 0 Å². The third-order valence-corrected chi connectivity index (χ3v) is 1.39. The Kier molecular flexibility index (Phi) is 2.71. The number of nitrogens with zero attached hydrogens (tertiary/aromatic N) is 1. The molecule has 6 N–H and O–H groups in total. The normalized spacial score (nSPS) is 9.38. The number of benzene rings is 1. The SMILES string of the molecule is NC(N)=CN(N)c1cccc(F)c1. The highest BCUT2D eigenvalue weighted by Gasteiger charge is 1.99. The third kappa shape index (κ3) is 2.64. The summed E-state index contributed by atoms with van der Waals surface area (Å²) in [7, 11) is 0. The summed E-state index contributed by atoms with van der Waals surface area (Å²) in [4.78, 5) is 0. The number of hydrogen-bond donors (Lipinski definition) is 3. The molecule has 4 nitrogen and oxygen atoms in total. The van der Waals surface area contributed by atoms with E-state index >= 15 is 0 Å². The van der Waals surface area contributed by atoms with Crippen LogP contribution < -0.4 is 22.3 Å². The molecular formula is C8H11FN4. The number of hydrogen-bond acceptors (Lipinski definition) is 4. The lowest BCUT2D eigenvalue weighted by atomic mass is 10.3. The number of anilines is 1. The molecule has 5 heteroatoms. The number of halogens is 1. The first-order chi connectivity index (χ1) is 6.09. The maximum Gasteiger partial charge on any atom is 0.125 e. The molecule has 1 aromatic rings. The Balaban J connectivity index is 2.89. The molecule has 0 unspecified atom stereocenters. The topological polar surface area (TPSA) is 81.3 Å². The van der Waals surface area contributed by atoms with E-state index < -0.39 is 0 Å². The Hall–Kier alpha value is -1.75. The van der Waals surface area contributed by atoms with Crippen LogP contribution in [0.25, 0.3) is 0 Å². The zero-order valence-corrected chi connectivity index (χ0v) is 6.94. The van der Waals surface area contributed by atoms with E-state index in [2.05, 4.69) is 0 Å². The van der Waals surface area contributed by atoms with Gasteiger partial charge in [-0.05, 0) is 18.2 Å². The van der Waals surface area contributed by atoms with Crippen molar-refractivity contribution in [3.63, 3.8) is 0 Å². The Labute approximate surface area is 75.4 Å². The van der Waals surface area contributed by atoms with Crippen molar-refractivity contribution in [2.75, 3.05) is 5.01 Å². The van der Waals surface area contributed by atoms with Crippen LogP contribution in [0.4, 0.5) is 10.1 Å². The van der Waals surface area contributed by atoms with Gasteiger partial charge in [-0.15, -0.1) is 0 Å². The van der Waals surface area contributed by atoms with Crippen molar-refractivity contribution in [2.45, 2.75) is 0 Å². The second-order valence-corrected chi connectivity index (χ2v) is 2.52. The molecule has 0 atom stereocenters. The molecule has 0 aliphatic rings. The number of rotatable bonds is 2. The second kappa shape index (κ2) is 3.77. The van der Waals surface area contributed by atoms with Gasteiger partial charge < -0.3 is 11.5 Å². The van der Waals surface area contributed by atoms with Crippen LogP contribution in [0, 0.1) is 5.82 Å². The first-order valence-electron chi connectivity index (χ1n) is 3.62. The molecule has 0 aliphatic heterocycles. The molecule has 1 rings (SSSR count). The number of nitrogens with two attached hydrogens (primary N) is 3. The molecule has 0 heterocycles. The standard InChI is InChI=1S/C8H11FN4/c9-6-2-1-3-7(4-6)13(12)5-8(10)11/h1-5H,10-12H2. The van der Waals surface area contributed by atoms with E-state index in [0.717, 1.165) is 5.01 Å². The average Bonchev–Trinajstić information content (AvgIpc) is 2.03. The van der Waals surface area contributed by atoms with Crippen LogP contribution in [0.1, 0.15) is 0 Å². The lowest BCUT2D eigenvalue weighted by molar-refractivity contribution is 0.627. The molecule has 0 fully saturated rings. The van der Waals surface area contributed by atoms with E-state index in [-0.39, 0.29) is 11.6 Å². The van der Waals surface area contributed by atoms with Crippen LogP contribution in [-0.2, 0) is 0 Å². The zero-order valence-electron chi connectivity index (χ0n) is 6.94. The minimum atomic E-state index is -0.364. The van der Waals surface area contributed by atoms with Crippen molar-refractivity contribution in [1.82, 2.24) is 0 Å². The summed E-state index contributed by atoms with van der Waals surface area (Å²) in [6.45, 7) is 0. The van der Waals surface area contributed by atoms with Crippen LogP contribution in [0.15, 0.2) is 36.3 Å². The summed E-state index contributed by atoms with van der Waals surface area (Å²) in [6.07, 6.45) is 1.30. The van der Waals surface area contributed by atoms with Gasteiger partial charge in [0.1, 0.15) is 11.6 Å². The van der Waals surface area contributed by atoms with Crippen LogP contribution in [0.5, 0.6) is 0 Å². The summed E-state index contributed by atoms with van der Waals surface area (Å²) < 4.78 is 12.7. The number of hydrazine groups is 1. The van der Waals surface area contributed by atoms with Crippen molar-refractivity contribution >= 4 is 5.69 Å². The van der Waals surface area contributed by atoms with Crippen LogP contribution in [0.3, 0.4) is 0 Å². The van der Waals surface area contributed by atoms with Crippen LogP contribution in [0.2, 0.25) is 0 Å². The molecule has 0 saturated carbocycles. The van der Waals surface area contributed by atoms with Gasteiger partial charge in [-0.3, -0.25) is 5.01 Å². The van der Waals surface area contributed by atoms with Crippen molar-refractivity contribution < 1.29 is 4.39 Å². The Morgan fingerprint density at radius 1 is 1.38 bits per heavy atom. The maximum absolute atomic E-state index is 12.7. The van der Waals surface area contributed by atoms with Gasteiger partial charge in [0.25, 0.3) is 0 Å². The Bertz CT molecular complexity index is 320. The first-order valence-corrected chi connectivity index (χ1v) is 3.62. The zero-order chi connectivity index (χ0) is 9.84. The summed E-state index contributed by atoms with van der Waals surface area (Å²) in [5.41, 5.74) is 10.9. The fraction of sp³-hybridized carbons (Fsp3) is 0. The van der Waals surface area contributed by atoms with E-state index in [0.29, 0.717) is 5.69 Å². The smallest absolute Gasteiger partial charge is 0.125 e. The van der Waals surface area contributed by atoms with E-state index in [4.69, 9.17) is 17.3 Å². The summed E-state index contributed by atoms with van der Waals surface area (Å²) >= 11 is 0. The highest BCUT2D eigenvalue weighted by atomic mass is 19.1. The molecule has 0 bridgehead atoms. The minimum absolute atomic E-state index is 0.0618. The van der Waals surface area contributed by atoms with E-state index in [1.165, 1.54) is 18.3 Å². The van der Waals surface area contributed by atoms with Gasteiger partial charge in [0, 0.05) is 0 Å². The largest absolute Gasteiger partial charge is 0.384 e. The van der Waals surface area contributed by atoms with Crippen molar-refractivity contribution in [2.24, 2.45) is 17.3 Å². The molecule has 0 spiro atoms. The first kappa shape index (κ1) is 9.34. The van der Waals surface area contributed by atoms with Gasteiger partial charge in [0.15, 0.2) is 0 Å². The molecular weight excluding hydrogens is 171 g/mol. The maximum atomic E-state index is 12.7. The van der Waals surface area contributed by atoms with Crippen molar-refractivity contribution in [3.05, 3.63) is 42.1 Å². The highest BCUT2D eigenvalue weighted by Crippen LogP contribution is 2.12. The predicted molar refractivity (Wildman–Crippen MR) is 49.5 cm³/mol. The molecule has 0 aromatic heterocycles. The Morgan fingerprint density at radius 2 is 2.08 bits per heavy atom. The molecule has 0 radical (unpaired) electrons. The third-order valence-electron chi connectivity index (χ3n) is 1.39. The Morgan fingerprint density at radius 3 is 2.62 bits per heavy atom. The van der Waals surface area contributed by atoms with Crippen molar-refractivity contribution in [1.29, 1.82) is 0 Å². The van der Waals surface area contributed by atoms with Gasteiger partial charge in [-0.1, -0.05) is 6.07 Å². The lowest BCUT2D eigenvalue weighted by Gasteiger charge is -2.13. The highest BCUT2D eigenvalue weighted by molar-refractivity contribution is 5.47. The van der Waals surface area contributed by atoms with Crippen LogP contribution >= 0.6 is 0 Å². The van der Waals surface area contributed by atoms with E-state index in [1.807, 2.05) is 0 Å². The van der Waals surface area contributed by atoms with Crippen molar-refractivity contribution in [3.8, 4) is 0 Å². The molecule has 70 valence electrons. The van der Waals surface area contributed by atoms with E-state index in [9.17, 15) is 4.39 Å². The average molecular weight is 182 g/mol. The summed E-state index contributed by atoms with van der Waals surface area (Å²) in [6, 6.07) is 5.79. The quantitative estimate of drug-likeness (QED) is 0.451. The summed E-state index contributed by atoms with van der Waals surface area (Å²) in [5.74, 6) is 5.19. The molecule has 0 saturated heterocycles. The second-order valence-electron chi connectivity index (χ2n) is 2.52. The predicted octanol–water partition coefficient (Wildman–Crippen LogP) is 0.222. The van der Waals surface area contributed by atoms with Gasteiger partial charge >= 0.3 is 0 Å². The molecule has 13 heavy (non-hydrogen) atoms. The minimum Gasteiger partial charge on any atom is -0.384 e. The fourth-order valence-corrected chi connectivity index (χ4v) is 0.872. The van der Waals surface area contributed by atoms with Gasteiger partial charge in [0.05, 0.1) is 11.9 Å². The van der Waals surface area contributed by atoms with Gasteiger partial charge in [-0.25, -0.2) is 10.2 Å². The molecule has 0 amide bonds. The van der Waals surface area contributed by atoms with Gasteiger partial charge in [0.2, 0.25) is 0 Å². The summed E-state index contributed by atoms with van der Waals surface area (Å²) in [5, 5.41) is 1.15.